The minimum Gasteiger partial charge on any atom is -0.261 e. The molecule has 0 amide bonds. The Morgan fingerprint density at radius 1 is 1.42 bits per heavy atom. The van der Waals surface area contributed by atoms with Gasteiger partial charge in [0.05, 0.1) is 6.67 Å². The molecule has 1 heterocycles. The summed E-state index contributed by atoms with van der Waals surface area (Å²) in [5.41, 5.74) is 0.679. The summed E-state index contributed by atoms with van der Waals surface area (Å²) in [5, 5.41) is 0. The predicted molar refractivity (Wildman–Crippen MR) is 43.4 cm³/mol. The summed E-state index contributed by atoms with van der Waals surface area (Å²) in [7, 11) is 0. The first-order valence-corrected chi connectivity index (χ1v) is 3.93. The van der Waals surface area contributed by atoms with E-state index in [-0.39, 0.29) is 12.8 Å². The molecule has 0 aliphatic carbocycles. The van der Waals surface area contributed by atoms with Crippen LogP contribution in [0, 0.1) is 0 Å². The molecule has 1 nitrogen and oxygen atoms in total. The molecule has 3 heteroatoms. The topological polar surface area (TPSA) is 12.9 Å². The monoisotopic (exact) mass is 171 g/mol. The van der Waals surface area contributed by atoms with Crippen molar-refractivity contribution in [1.29, 1.82) is 0 Å². The van der Waals surface area contributed by atoms with Gasteiger partial charge in [0.2, 0.25) is 0 Å². The van der Waals surface area contributed by atoms with Crippen molar-refractivity contribution >= 4 is 0 Å². The van der Waals surface area contributed by atoms with Gasteiger partial charge in [-0.05, 0) is 12.1 Å². The van der Waals surface area contributed by atoms with Gasteiger partial charge in [-0.1, -0.05) is 6.07 Å². The van der Waals surface area contributed by atoms with E-state index >= 15 is 0 Å². The van der Waals surface area contributed by atoms with E-state index < -0.39 is 12.8 Å². The minimum absolute atomic E-state index is 0.0312. The fraction of sp³-hybridized carbons (Fsp3) is 0.444. The van der Waals surface area contributed by atoms with Crippen LogP contribution in [0.1, 0.15) is 12.1 Å². The van der Waals surface area contributed by atoms with Gasteiger partial charge in [-0.15, -0.1) is 0 Å². The van der Waals surface area contributed by atoms with Gasteiger partial charge < -0.3 is 0 Å². The Labute approximate surface area is 70.4 Å². The first-order chi connectivity index (χ1) is 5.83. The van der Waals surface area contributed by atoms with Crippen molar-refractivity contribution < 1.29 is 8.78 Å². The van der Waals surface area contributed by atoms with E-state index in [1.807, 2.05) is 0 Å². The highest BCUT2D eigenvalue weighted by Crippen LogP contribution is 2.06. The maximum Gasteiger partial charge on any atom is 0.108 e. The number of halogens is 2. The molecule has 12 heavy (non-hydrogen) atoms. The molecule has 0 saturated heterocycles. The summed E-state index contributed by atoms with van der Waals surface area (Å²) in [4.78, 5) is 3.94. The second-order valence-electron chi connectivity index (χ2n) is 2.60. The lowest BCUT2D eigenvalue weighted by molar-refractivity contribution is 0.280. The molecule has 0 saturated carbocycles. The second-order valence-corrected chi connectivity index (χ2v) is 2.60. The average molecular weight is 171 g/mol. The zero-order chi connectivity index (χ0) is 8.81. The summed E-state index contributed by atoms with van der Waals surface area (Å²) in [6.07, 6.45) is 0.684. The maximum atomic E-state index is 12.8. The van der Waals surface area contributed by atoms with Crippen LogP contribution in [0.3, 0.4) is 0 Å². The van der Waals surface area contributed by atoms with Crippen LogP contribution < -0.4 is 0 Å². The zero-order valence-corrected chi connectivity index (χ0v) is 6.71. The average Bonchev–Trinajstić information content (AvgIpc) is 2.06. The van der Waals surface area contributed by atoms with Crippen molar-refractivity contribution in [2.75, 3.05) is 6.67 Å². The molecule has 1 aromatic rings. The Kier molecular flexibility index (Phi) is 3.64. The number of alkyl halides is 2. The molecule has 0 fully saturated rings. The minimum atomic E-state index is -1.11. The Morgan fingerprint density at radius 2 is 2.25 bits per heavy atom. The normalized spacial score (nSPS) is 12.8. The molecule has 1 rings (SSSR count). The number of hydrogen-bond acceptors (Lipinski definition) is 1. The fourth-order valence-electron chi connectivity index (χ4n) is 0.966. The van der Waals surface area contributed by atoms with Gasteiger partial charge in [-0.2, -0.15) is 0 Å². The summed E-state index contributed by atoms with van der Waals surface area (Å²) in [6, 6.07) is 5.31. The molecule has 0 N–H and O–H groups in total. The molecule has 1 aromatic heterocycles. The summed E-state index contributed by atoms with van der Waals surface area (Å²) < 4.78 is 24.5. The van der Waals surface area contributed by atoms with Crippen LogP contribution in [0.2, 0.25) is 0 Å². The molecular weight excluding hydrogens is 160 g/mol. The Morgan fingerprint density at radius 3 is 2.83 bits per heavy atom. The highest BCUT2D eigenvalue weighted by molar-refractivity contribution is 5.04. The third kappa shape index (κ3) is 2.95. The van der Waals surface area contributed by atoms with Gasteiger partial charge in [0.1, 0.15) is 6.17 Å². The summed E-state index contributed by atoms with van der Waals surface area (Å²) in [6.45, 7) is -0.603. The lowest BCUT2D eigenvalue weighted by atomic mass is 10.1. The summed E-state index contributed by atoms with van der Waals surface area (Å²) in [5.74, 6) is 0. The van der Waals surface area contributed by atoms with Gasteiger partial charge in [0.15, 0.2) is 0 Å². The summed E-state index contributed by atoms with van der Waals surface area (Å²) >= 11 is 0. The highest BCUT2D eigenvalue weighted by atomic mass is 19.1. The van der Waals surface area contributed by atoms with Gasteiger partial charge in [0, 0.05) is 24.7 Å². The largest absolute Gasteiger partial charge is 0.261 e. The van der Waals surface area contributed by atoms with Crippen LogP contribution in [0.15, 0.2) is 24.4 Å². The van der Waals surface area contributed by atoms with E-state index in [2.05, 4.69) is 4.98 Å². The Balaban J connectivity index is 2.41. The predicted octanol–water partition coefficient (Wildman–Crippen LogP) is 2.32. The quantitative estimate of drug-likeness (QED) is 0.677. The Bertz CT molecular complexity index is 213. The molecule has 1 unspecified atom stereocenters. The van der Waals surface area contributed by atoms with Crippen LogP contribution in [0.5, 0.6) is 0 Å². The van der Waals surface area contributed by atoms with Crippen molar-refractivity contribution in [2.45, 2.75) is 19.0 Å². The van der Waals surface area contributed by atoms with E-state index in [0.29, 0.717) is 5.69 Å². The fourth-order valence-corrected chi connectivity index (χ4v) is 0.966. The molecule has 0 spiro atoms. The number of hydrogen-bond donors (Lipinski definition) is 0. The molecule has 0 radical (unpaired) electrons. The van der Waals surface area contributed by atoms with Crippen molar-refractivity contribution in [3.8, 4) is 0 Å². The van der Waals surface area contributed by atoms with E-state index in [0.717, 1.165) is 0 Å². The van der Waals surface area contributed by atoms with Gasteiger partial charge in [0.25, 0.3) is 0 Å². The van der Waals surface area contributed by atoms with E-state index in [1.54, 1.807) is 24.4 Å². The lowest BCUT2D eigenvalue weighted by Gasteiger charge is -2.03. The van der Waals surface area contributed by atoms with Crippen molar-refractivity contribution in [1.82, 2.24) is 4.98 Å². The van der Waals surface area contributed by atoms with Crippen LogP contribution in [0.25, 0.3) is 0 Å². The third-order valence-electron chi connectivity index (χ3n) is 1.58. The third-order valence-corrected chi connectivity index (χ3v) is 1.58. The molecular formula is C9H11F2N. The molecule has 0 aromatic carbocycles. The number of rotatable bonds is 4. The molecule has 66 valence electrons. The van der Waals surface area contributed by atoms with Crippen molar-refractivity contribution in [2.24, 2.45) is 0 Å². The van der Waals surface area contributed by atoms with Crippen LogP contribution >= 0.6 is 0 Å². The SMILES string of the molecule is FCCC(F)Cc1ccccn1. The van der Waals surface area contributed by atoms with Crippen LogP contribution in [-0.2, 0) is 6.42 Å². The van der Waals surface area contributed by atoms with Crippen LogP contribution in [-0.4, -0.2) is 17.8 Å². The van der Waals surface area contributed by atoms with Gasteiger partial charge >= 0.3 is 0 Å². The highest BCUT2D eigenvalue weighted by Gasteiger charge is 2.07. The number of aromatic nitrogens is 1. The standard InChI is InChI=1S/C9H11F2N/c10-5-4-8(11)7-9-3-1-2-6-12-9/h1-3,6,8H,4-5,7H2. The molecule has 0 aliphatic heterocycles. The van der Waals surface area contributed by atoms with Crippen molar-refractivity contribution in [3.05, 3.63) is 30.1 Å². The zero-order valence-electron chi connectivity index (χ0n) is 6.71. The van der Waals surface area contributed by atoms with E-state index in [9.17, 15) is 8.78 Å². The molecule has 1 atom stereocenters. The Hall–Kier alpha value is -0.990. The number of nitrogens with zero attached hydrogens (tertiary/aromatic N) is 1. The first-order valence-electron chi connectivity index (χ1n) is 3.93. The smallest absolute Gasteiger partial charge is 0.108 e. The maximum absolute atomic E-state index is 12.8. The van der Waals surface area contributed by atoms with E-state index in [4.69, 9.17) is 0 Å². The first kappa shape index (κ1) is 9.10. The second kappa shape index (κ2) is 4.80. The van der Waals surface area contributed by atoms with E-state index in [1.165, 1.54) is 0 Å². The van der Waals surface area contributed by atoms with Gasteiger partial charge in [-0.3, -0.25) is 9.37 Å². The van der Waals surface area contributed by atoms with Crippen molar-refractivity contribution in [3.63, 3.8) is 0 Å². The lowest BCUT2D eigenvalue weighted by Crippen LogP contribution is -2.06. The molecule has 0 bridgehead atoms. The van der Waals surface area contributed by atoms with Gasteiger partial charge in [-0.25, -0.2) is 4.39 Å². The van der Waals surface area contributed by atoms with Crippen LogP contribution in [0.4, 0.5) is 8.78 Å². The molecule has 0 aliphatic rings. The number of pyridine rings is 1.